The van der Waals surface area contributed by atoms with E-state index in [-0.39, 0.29) is 0 Å². The van der Waals surface area contributed by atoms with Crippen molar-refractivity contribution in [2.24, 2.45) is 0 Å². The van der Waals surface area contributed by atoms with Gasteiger partial charge in [-0.3, -0.25) is 0 Å². The topological polar surface area (TPSA) is 3.24 Å². The van der Waals surface area contributed by atoms with Crippen molar-refractivity contribution in [3.63, 3.8) is 0 Å². The molecule has 10 aromatic rings. The summed E-state index contributed by atoms with van der Waals surface area (Å²) in [5.74, 6) is 0. The molecule has 1 heteroatoms. The van der Waals surface area contributed by atoms with Gasteiger partial charge in [-0.05, 0) is 125 Å². The van der Waals surface area contributed by atoms with Crippen molar-refractivity contribution in [3.05, 3.63) is 271 Å². The molecular formula is C61H41N. The molecule has 1 spiro atoms. The monoisotopic (exact) mass is 787 g/mol. The summed E-state index contributed by atoms with van der Waals surface area (Å²) < 4.78 is 0. The fourth-order valence-corrected chi connectivity index (χ4v) is 10.5. The average molecular weight is 788 g/mol. The summed E-state index contributed by atoms with van der Waals surface area (Å²) in [6.45, 7) is 0. The lowest BCUT2D eigenvalue weighted by molar-refractivity contribution is 0.777. The molecule has 10 aromatic carbocycles. The van der Waals surface area contributed by atoms with Crippen LogP contribution in [-0.2, 0) is 5.41 Å². The van der Waals surface area contributed by atoms with Crippen LogP contribution < -0.4 is 4.90 Å². The first-order valence-electron chi connectivity index (χ1n) is 21.5. The fourth-order valence-electron chi connectivity index (χ4n) is 10.5. The fraction of sp³-hybridized carbons (Fsp3) is 0.0164. The minimum absolute atomic E-state index is 0.578. The molecule has 0 saturated carbocycles. The summed E-state index contributed by atoms with van der Waals surface area (Å²) >= 11 is 0. The first-order valence-corrected chi connectivity index (χ1v) is 21.5. The van der Waals surface area contributed by atoms with Crippen molar-refractivity contribution in [2.75, 3.05) is 4.90 Å². The quantitative estimate of drug-likeness (QED) is 0.162. The minimum atomic E-state index is -0.578. The van der Waals surface area contributed by atoms with Crippen molar-refractivity contribution in [1.29, 1.82) is 0 Å². The Labute approximate surface area is 363 Å². The van der Waals surface area contributed by atoms with Crippen LogP contribution in [0.15, 0.2) is 249 Å². The normalized spacial score (nSPS) is 12.6. The van der Waals surface area contributed by atoms with Gasteiger partial charge in [0.2, 0.25) is 0 Å². The smallest absolute Gasteiger partial charge is 0.0731 e. The molecular weight excluding hydrogens is 747 g/mol. The summed E-state index contributed by atoms with van der Waals surface area (Å²) in [7, 11) is 0. The van der Waals surface area contributed by atoms with Crippen LogP contribution in [0.2, 0.25) is 0 Å². The second-order valence-corrected chi connectivity index (χ2v) is 16.4. The van der Waals surface area contributed by atoms with Gasteiger partial charge in [0, 0.05) is 17.1 Å². The van der Waals surface area contributed by atoms with E-state index in [1.165, 1.54) is 89.0 Å². The van der Waals surface area contributed by atoms with E-state index in [2.05, 4.69) is 254 Å². The van der Waals surface area contributed by atoms with E-state index in [4.69, 9.17) is 0 Å². The largest absolute Gasteiger partial charge is 0.310 e. The third kappa shape index (κ3) is 5.56. The van der Waals surface area contributed by atoms with Crippen LogP contribution in [0.5, 0.6) is 0 Å². The number of fused-ring (bicyclic) bond motifs is 12. The molecule has 0 heterocycles. The Kier molecular flexibility index (Phi) is 8.47. The number of nitrogens with zero attached hydrogens (tertiary/aromatic N) is 1. The Morgan fingerprint density at radius 1 is 0.226 bits per heavy atom. The zero-order valence-electron chi connectivity index (χ0n) is 34.1. The Morgan fingerprint density at radius 3 is 1.08 bits per heavy atom. The highest BCUT2D eigenvalue weighted by Crippen LogP contribution is 2.63. The van der Waals surface area contributed by atoms with Gasteiger partial charge >= 0.3 is 0 Å². The van der Waals surface area contributed by atoms with E-state index in [9.17, 15) is 0 Å². The van der Waals surface area contributed by atoms with Crippen molar-refractivity contribution >= 4 is 17.1 Å². The van der Waals surface area contributed by atoms with Crippen LogP contribution in [0.25, 0.3) is 66.8 Å². The van der Waals surface area contributed by atoms with E-state index >= 15 is 0 Å². The van der Waals surface area contributed by atoms with Crippen LogP contribution in [0.4, 0.5) is 17.1 Å². The first kappa shape index (κ1) is 35.9. The molecule has 0 N–H and O–H groups in total. The lowest BCUT2D eigenvalue weighted by Crippen LogP contribution is -2.30. The highest BCUT2D eigenvalue weighted by atomic mass is 15.1. The molecule has 1 nitrogen and oxygen atoms in total. The van der Waals surface area contributed by atoms with E-state index in [1.54, 1.807) is 0 Å². The standard InChI is InChI=1S/C61H41N/c1-3-17-42(18-4-1)44-33-37-47(38-34-44)62(48-39-35-45(36-40-48)43-19-5-2-6-20-43)49-22-15-21-46(41-49)50-28-16-29-56-55-27-11-14-32-59(55)61(60(50)56)57-30-12-9-25-53(57)51-23-7-8-24-52(51)54-26-10-13-31-58(54)61/h1-41H. The van der Waals surface area contributed by atoms with Crippen LogP contribution in [0.3, 0.4) is 0 Å². The summed E-state index contributed by atoms with van der Waals surface area (Å²) in [4.78, 5) is 2.40. The van der Waals surface area contributed by atoms with Crippen LogP contribution in [0, 0.1) is 0 Å². The molecule has 0 fully saturated rings. The number of benzene rings is 10. The molecule has 0 saturated heterocycles. The lowest BCUT2D eigenvalue weighted by atomic mass is 9.64. The highest BCUT2D eigenvalue weighted by molar-refractivity contribution is 6.00. The van der Waals surface area contributed by atoms with Crippen molar-refractivity contribution < 1.29 is 0 Å². The summed E-state index contributed by atoms with van der Waals surface area (Å²) in [6.07, 6.45) is 0. The third-order valence-electron chi connectivity index (χ3n) is 13.1. The number of anilines is 3. The van der Waals surface area contributed by atoms with Crippen molar-refractivity contribution in [2.45, 2.75) is 5.41 Å². The maximum Gasteiger partial charge on any atom is 0.0731 e. The lowest BCUT2D eigenvalue weighted by Gasteiger charge is -2.36. The summed E-state index contributed by atoms with van der Waals surface area (Å²) in [5.41, 5.74) is 22.8. The van der Waals surface area contributed by atoms with Crippen LogP contribution >= 0.6 is 0 Å². The second-order valence-electron chi connectivity index (χ2n) is 16.4. The molecule has 0 bridgehead atoms. The molecule has 0 atom stereocenters. The van der Waals surface area contributed by atoms with Gasteiger partial charge in [-0.1, -0.05) is 212 Å². The highest BCUT2D eigenvalue weighted by Gasteiger charge is 2.50. The van der Waals surface area contributed by atoms with Gasteiger partial charge in [0.15, 0.2) is 0 Å². The van der Waals surface area contributed by atoms with Crippen LogP contribution in [-0.4, -0.2) is 0 Å². The number of hydrogen-bond acceptors (Lipinski definition) is 1. The molecule has 0 aromatic heterocycles. The van der Waals surface area contributed by atoms with Gasteiger partial charge in [-0.15, -0.1) is 0 Å². The van der Waals surface area contributed by atoms with Crippen molar-refractivity contribution in [1.82, 2.24) is 0 Å². The SMILES string of the molecule is c1ccc(-c2ccc(N(c3ccc(-c4ccccc4)cc3)c3cccc(-c4cccc5c4C4(c6ccccc6-c6ccccc6-c6ccccc64)c4ccccc4-5)c3)cc2)cc1. The van der Waals surface area contributed by atoms with E-state index in [0.717, 1.165) is 17.1 Å². The molecule has 12 rings (SSSR count). The average Bonchev–Trinajstić information content (AvgIpc) is 3.60. The van der Waals surface area contributed by atoms with E-state index < -0.39 is 5.41 Å². The van der Waals surface area contributed by atoms with Crippen LogP contribution in [0.1, 0.15) is 22.3 Å². The molecule has 0 aliphatic heterocycles. The van der Waals surface area contributed by atoms with Gasteiger partial charge in [0.1, 0.15) is 0 Å². The zero-order chi connectivity index (χ0) is 41.0. The zero-order valence-corrected chi connectivity index (χ0v) is 34.1. The summed E-state index contributed by atoms with van der Waals surface area (Å²) in [6, 6.07) is 91.7. The summed E-state index contributed by atoms with van der Waals surface area (Å²) in [5, 5.41) is 0. The molecule has 0 amide bonds. The molecule has 62 heavy (non-hydrogen) atoms. The predicted molar refractivity (Wildman–Crippen MR) is 259 cm³/mol. The van der Waals surface area contributed by atoms with E-state index in [0.29, 0.717) is 0 Å². The molecule has 2 aliphatic rings. The molecule has 2 aliphatic carbocycles. The van der Waals surface area contributed by atoms with Gasteiger partial charge < -0.3 is 4.90 Å². The van der Waals surface area contributed by atoms with Gasteiger partial charge in [-0.25, -0.2) is 0 Å². The molecule has 290 valence electrons. The Bertz CT molecular complexity index is 3120. The first-order chi connectivity index (χ1) is 30.8. The van der Waals surface area contributed by atoms with Gasteiger partial charge in [-0.2, -0.15) is 0 Å². The van der Waals surface area contributed by atoms with E-state index in [1.807, 2.05) is 0 Å². The Morgan fingerprint density at radius 2 is 0.581 bits per heavy atom. The maximum absolute atomic E-state index is 2.40. The number of rotatable bonds is 6. The van der Waals surface area contributed by atoms with Gasteiger partial charge in [0.05, 0.1) is 5.41 Å². The maximum atomic E-state index is 2.40. The van der Waals surface area contributed by atoms with Crippen molar-refractivity contribution in [3.8, 4) is 66.8 Å². The predicted octanol–water partition coefficient (Wildman–Crippen LogP) is 16.2. The molecule has 0 unspecified atom stereocenters. The minimum Gasteiger partial charge on any atom is -0.310 e. The number of hydrogen-bond donors (Lipinski definition) is 0. The molecule has 0 radical (unpaired) electrons. The second kappa shape index (κ2) is 14.6. The Hall–Kier alpha value is -8.00. The van der Waals surface area contributed by atoms with Gasteiger partial charge in [0.25, 0.3) is 0 Å². The third-order valence-corrected chi connectivity index (χ3v) is 13.1. The Balaban J connectivity index is 1.08.